The van der Waals surface area contributed by atoms with Crippen molar-refractivity contribution in [2.24, 2.45) is 11.8 Å². The van der Waals surface area contributed by atoms with Gasteiger partial charge in [0.1, 0.15) is 5.54 Å². The zero-order valence-electron chi connectivity index (χ0n) is 25.0. The Hall–Kier alpha value is -2.93. The Morgan fingerprint density at radius 2 is 1.98 bits per heavy atom. The van der Waals surface area contributed by atoms with E-state index in [1.807, 2.05) is 37.3 Å². The first-order valence-corrected chi connectivity index (χ1v) is 16.4. The molecule has 232 valence electrons. The highest BCUT2D eigenvalue weighted by Crippen LogP contribution is 2.41. The Bertz CT molecular complexity index is 1300. The minimum atomic E-state index is -3.66. The van der Waals surface area contributed by atoms with Crippen LogP contribution in [-0.4, -0.2) is 82.6 Å². The highest BCUT2D eigenvalue weighted by atomic mass is 32.2. The van der Waals surface area contributed by atoms with Crippen molar-refractivity contribution in [3.05, 3.63) is 53.7 Å². The van der Waals surface area contributed by atoms with E-state index in [9.17, 15) is 18.3 Å². The van der Waals surface area contributed by atoms with Gasteiger partial charge in [-0.15, -0.1) is 0 Å². The molecule has 1 aliphatic heterocycles. The second-order valence-electron chi connectivity index (χ2n) is 11.4. The second kappa shape index (κ2) is 14.0. The predicted molar refractivity (Wildman–Crippen MR) is 161 cm³/mol. The molecule has 4 rings (SSSR count). The largest absolute Gasteiger partial charge is 0.465 e. The number of nitrogens with one attached hydrogen (secondary N) is 1. The molecule has 2 fully saturated rings. The van der Waals surface area contributed by atoms with E-state index in [-0.39, 0.29) is 13.2 Å². The number of aromatic nitrogens is 1. The lowest BCUT2D eigenvalue weighted by atomic mass is 9.88. The maximum absolute atomic E-state index is 13.2. The maximum atomic E-state index is 13.2. The smallest absolute Gasteiger partial charge is 0.405 e. The monoisotopic (exact) mass is 604 g/mol. The van der Waals surface area contributed by atoms with Crippen molar-refractivity contribution >= 4 is 27.6 Å². The number of hydrogen-bond acceptors (Lipinski definition) is 8. The van der Waals surface area contributed by atoms with Gasteiger partial charge in [0.2, 0.25) is 10.0 Å². The van der Waals surface area contributed by atoms with Crippen LogP contribution in [-0.2, 0) is 37.3 Å². The zero-order chi connectivity index (χ0) is 30.3. The first-order valence-electron chi connectivity index (χ1n) is 14.6. The van der Waals surface area contributed by atoms with E-state index in [0.29, 0.717) is 67.9 Å². The van der Waals surface area contributed by atoms with Crippen molar-refractivity contribution < 1.29 is 32.5 Å². The van der Waals surface area contributed by atoms with Gasteiger partial charge < -0.3 is 29.5 Å². The molecule has 2 aromatic rings. The third kappa shape index (κ3) is 7.91. The average Bonchev–Trinajstić information content (AvgIpc) is 3.51. The molecule has 0 radical (unpaired) electrons. The molecule has 1 amide bonds. The number of ether oxygens (including phenoxy) is 3. The summed E-state index contributed by atoms with van der Waals surface area (Å²) in [6.45, 7) is 6.51. The molecule has 0 bridgehead atoms. The number of nitrogens with zero attached hydrogens (tertiary/aromatic N) is 3. The number of benzene rings is 1. The van der Waals surface area contributed by atoms with Gasteiger partial charge in [-0.25, -0.2) is 18.2 Å². The molecule has 12 heteroatoms. The molecule has 2 unspecified atom stereocenters. The number of hydrogen-bond donors (Lipinski definition) is 2. The average molecular weight is 605 g/mol. The van der Waals surface area contributed by atoms with Gasteiger partial charge in [-0.1, -0.05) is 44.2 Å². The van der Waals surface area contributed by atoms with Crippen LogP contribution in [0.5, 0.6) is 0 Å². The summed E-state index contributed by atoms with van der Waals surface area (Å²) in [5.74, 6) is 1.67. The molecule has 1 saturated carbocycles. The Labute approximate surface area is 249 Å². The molecule has 1 aromatic carbocycles. The third-order valence-electron chi connectivity index (χ3n) is 8.04. The van der Waals surface area contributed by atoms with E-state index in [0.717, 1.165) is 18.5 Å². The summed E-state index contributed by atoms with van der Waals surface area (Å²) < 4.78 is 45.4. The first kappa shape index (κ1) is 32.0. The fraction of sp³-hybridized carbons (Fsp3) is 0.600. The van der Waals surface area contributed by atoms with E-state index in [1.165, 1.54) is 10.6 Å². The molecule has 2 aliphatic rings. The van der Waals surface area contributed by atoms with Gasteiger partial charge in [-0.2, -0.15) is 0 Å². The Kier molecular flexibility index (Phi) is 10.7. The number of carbonyl (C=O) groups is 1. The lowest BCUT2D eigenvalue weighted by Gasteiger charge is -2.35. The zero-order valence-corrected chi connectivity index (χ0v) is 25.8. The van der Waals surface area contributed by atoms with E-state index >= 15 is 0 Å². The summed E-state index contributed by atoms with van der Waals surface area (Å²) in [5, 5.41) is 12.4. The number of sulfonamides is 1. The SMILES string of the molecule is CCCN(c1c(COC2OCCC2(Cc2ccccc2)NC(=O)O)ccnc1N(CCOC)C[C@H]1C[C@@H]1C)S(C)(=O)=O. The molecule has 1 aliphatic carbocycles. The minimum absolute atomic E-state index is 0.00103. The number of pyridine rings is 1. The minimum Gasteiger partial charge on any atom is -0.465 e. The lowest BCUT2D eigenvalue weighted by molar-refractivity contribution is -0.150. The third-order valence-corrected chi connectivity index (χ3v) is 9.20. The van der Waals surface area contributed by atoms with Crippen LogP contribution in [0, 0.1) is 11.8 Å². The van der Waals surface area contributed by atoms with Crippen molar-refractivity contribution in [3.8, 4) is 0 Å². The number of methoxy groups -OCH3 is 1. The number of amides is 1. The molecule has 42 heavy (non-hydrogen) atoms. The van der Waals surface area contributed by atoms with Crippen molar-refractivity contribution in [3.63, 3.8) is 0 Å². The first-order chi connectivity index (χ1) is 20.1. The van der Waals surface area contributed by atoms with Gasteiger partial charge >= 0.3 is 6.09 Å². The van der Waals surface area contributed by atoms with Crippen LogP contribution < -0.4 is 14.5 Å². The standard InChI is InChI=1S/C30H44N4O7S/c1-5-14-34(42(4,37)38)26-24(11-13-31-27(26)33(15-17-39-3)20-25-18-22(25)2)21-41-28-30(12-16-40-28,32-29(35)36)19-23-9-7-6-8-10-23/h6-11,13,22,25,28,32H,5,12,14-21H2,1-4H3,(H,35,36)/t22-,25+,28?,30?/m0/s1. The summed E-state index contributed by atoms with van der Waals surface area (Å²) >= 11 is 0. The fourth-order valence-electron chi connectivity index (χ4n) is 5.68. The van der Waals surface area contributed by atoms with Crippen LogP contribution in [0.1, 0.15) is 44.2 Å². The molecular weight excluding hydrogens is 560 g/mol. The molecule has 2 heterocycles. The van der Waals surface area contributed by atoms with E-state index in [4.69, 9.17) is 19.2 Å². The van der Waals surface area contributed by atoms with Crippen LogP contribution in [0.2, 0.25) is 0 Å². The number of anilines is 2. The lowest BCUT2D eigenvalue weighted by Crippen LogP contribution is -2.56. The van der Waals surface area contributed by atoms with Gasteiger partial charge in [-0.05, 0) is 42.7 Å². The van der Waals surface area contributed by atoms with E-state index < -0.39 is 27.9 Å². The summed E-state index contributed by atoms with van der Waals surface area (Å²) in [6.07, 6.45) is 3.37. The molecule has 11 nitrogen and oxygen atoms in total. The Morgan fingerprint density at radius 3 is 2.60 bits per heavy atom. The molecule has 1 aromatic heterocycles. The van der Waals surface area contributed by atoms with Gasteiger partial charge in [-0.3, -0.25) is 4.31 Å². The molecule has 2 N–H and O–H groups in total. The quantitative estimate of drug-likeness (QED) is 0.293. The van der Waals surface area contributed by atoms with E-state index in [2.05, 4.69) is 17.1 Å². The normalized spacial score (nSPS) is 23.5. The van der Waals surface area contributed by atoms with Crippen molar-refractivity contribution in [1.82, 2.24) is 10.3 Å². The summed E-state index contributed by atoms with van der Waals surface area (Å²) in [4.78, 5) is 18.7. The fourth-order valence-corrected chi connectivity index (χ4v) is 6.72. The Balaban J connectivity index is 1.70. The molecule has 4 atom stereocenters. The summed E-state index contributed by atoms with van der Waals surface area (Å²) in [7, 11) is -2.02. The molecular formula is C30H44N4O7S. The second-order valence-corrected chi connectivity index (χ2v) is 13.3. The van der Waals surface area contributed by atoms with Crippen LogP contribution in [0.25, 0.3) is 0 Å². The molecule has 0 spiro atoms. The molecule has 1 saturated heterocycles. The van der Waals surface area contributed by atoms with Gasteiger partial charge in [0.15, 0.2) is 12.1 Å². The van der Waals surface area contributed by atoms with Crippen LogP contribution >= 0.6 is 0 Å². The van der Waals surface area contributed by atoms with Gasteiger partial charge in [0.25, 0.3) is 0 Å². The number of rotatable bonds is 16. The van der Waals surface area contributed by atoms with Crippen LogP contribution in [0.15, 0.2) is 42.6 Å². The van der Waals surface area contributed by atoms with E-state index in [1.54, 1.807) is 19.4 Å². The van der Waals surface area contributed by atoms with Crippen LogP contribution in [0.4, 0.5) is 16.3 Å². The maximum Gasteiger partial charge on any atom is 0.405 e. The van der Waals surface area contributed by atoms with Crippen molar-refractivity contribution in [1.29, 1.82) is 0 Å². The summed E-state index contributed by atoms with van der Waals surface area (Å²) in [5.41, 5.74) is 1.05. The summed E-state index contributed by atoms with van der Waals surface area (Å²) in [6, 6.07) is 11.4. The van der Waals surface area contributed by atoms with Gasteiger partial charge in [0, 0.05) is 44.9 Å². The van der Waals surface area contributed by atoms with Crippen molar-refractivity contribution in [2.45, 2.75) is 58.0 Å². The predicted octanol–water partition coefficient (Wildman–Crippen LogP) is 3.88. The highest BCUT2D eigenvalue weighted by Gasteiger charge is 2.47. The topological polar surface area (TPSA) is 131 Å². The van der Waals surface area contributed by atoms with Gasteiger partial charge in [0.05, 0.1) is 31.8 Å². The highest BCUT2D eigenvalue weighted by molar-refractivity contribution is 7.92. The number of carboxylic acid groups (broad SMARTS) is 1. The Morgan fingerprint density at radius 1 is 1.24 bits per heavy atom. The van der Waals surface area contributed by atoms with Crippen LogP contribution in [0.3, 0.4) is 0 Å². The van der Waals surface area contributed by atoms with Crippen molar-refractivity contribution in [2.75, 3.05) is 55.4 Å².